The maximum atomic E-state index is 12.2. The van der Waals surface area contributed by atoms with Crippen LogP contribution in [-0.4, -0.2) is 82.6 Å². The Balaban J connectivity index is 1.21. The number of carbonyl (C=O) groups is 2. The molecule has 0 amide bonds. The number of allylic oxidation sites excluding steroid dienone is 5. The van der Waals surface area contributed by atoms with Gasteiger partial charge in [-0.1, -0.05) is 41.9 Å². The minimum absolute atomic E-state index is 0.0706. The van der Waals surface area contributed by atoms with Gasteiger partial charge in [-0.3, -0.25) is 0 Å². The molecular formula is C38H43N5O6. The standard InChI is InChI=1S/C38H43N5O6/c1-46-33-13-9-27(10-14-33)5-7-29-21-31(42-35(23-29)37(44)48-3)25-40-19-17-39-18-20-41-26-32-22-30(24-36(43-32)38(45)49-4)8-6-28-11-15-34(47-2)16-12-28/h9-11,13,15-16,21-24,28,33,39-41H,12,14,17-20,25-26H2,1-4H3. The van der Waals surface area contributed by atoms with E-state index in [1.165, 1.54) is 14.2 Å². The van der Waals surface area contributed by atoms with Crippen molar-refractivity contribution >= 4 is 11.9 Å². The molecule has 0 aromatic carbocycles. The van der Waals surface area contributed by atoms with Crippen LogP contribution < -0.4 is 16.0 Å². The summed E-state index contributed by atoms with van der Waals surface area (Å²) in [4.78, 5) is 33.3. The number of nitrogens with zero attached hydrogens (tertiary/aromatic N) is 2. The molecule has 2 aliphatic rings. The van der Waals surface area contributed by atoms with Crippen LogP contribution in [-0.2, 0) is 32.0 Å². The Bertz CT molecular complexity index is 1720. The van der Waals surface area contributed by atoms with E-state index < -0.39 is 11.9 Å². The van der Waals surface area contributed by atoms with Gasteiger partial charge in [-0.25, -0.2) is 19.6 Å². The van der Waals surface area contributed by atoms with Crippen molar-refractivity contribution in [1.29, 1.82) is 0 Å². The van der Waals surface area contributed by atoms with Gasteiger partial charge in [0.2, 0.25) is 0 Å². The van der Waals surface area contributed by atoms with E-state index in [0.717, 1.165) is 37.3 Å². The average Bonchev–Trinajstić information content (AvgIpc) is 3.15. The number of hydrogen-bond acceptors (Lipinski definition) is 11. The van der Waals surface area contributed by atoms with Gasteiger partial charge in [0.15, 0.2) is 0 Å². The van der Waals surface area contributed by atoms with Crippen molar-refractivity contribution < 1.29 is 28.5 Å². The highest BCUT2D eigenvalue weighted by atomic mass is 16.5. The maximum Gasteiger partial charge on any atom is 0.356 e. The molecule has 0 spiro atoms. The highest BCUT2D eigenvalue weighted by Gasteiger charge is 2.13. The van der Waals surface area contributed by atoms with Crippen LogP contribution in [0.5, 0.6) is 0 Å². The molecule has 0 aliphatic heterocycles. The van der Waals surface area contributed by atoms with E-state index in [1.54, 1.807) is 26.4 Å². The van der Waals surface area contributed by atoms with E-state index in [-0.39, 0.29) is 23.4 Å². The Kier molecular flexibility index (Phi) is 14.8. The van der Waals surface area contributed by atoms with Gasteiger partial charge in [0, 0.05) is 69.0 Å². The Labute approximate surface area is 288 Å². The molecule has 2 atom stereocenters. The molecule has 2 heterocycles. The number of carbonyl (C=O) groups excluding carboxylic acids is 2. The maximum absolute atomic E-state index is 12.2. The predicted octanol–water partition coefficient (Wildman–Crippen LogP) is 3.23. The average molecular weight is 666 g/mol. The fourth-order valence-corrected chi connectivity index (χ4v) is 4.88. The fourth-order valence-electron chi connectivity index (χ4n) is 4.88. The lowest BCUT2D eigenvalue weighted by molar-refractivity contribution is 0.0585. The molecule has 2 aliphatic carbocycles. The zero-order valence-corrected chi connectivity index (χ0v) is 28.4. The third-order valence-electron chi connectivity index (χ3n) is 7.53. The van der Waals surface area contributed by atoms with Crippen LogP contribution in [0.15, 0.2) is 72.1 Å². The molecule has 0 bridgehead atoms. The Morgan fingerprint density at radius 3 is 1.86 bits per heavy atom. The first-order valence-corrected chi connectivity index (χ1v) is 16.1. The van der Waals surface area contributed by atoms with Crippen molar-refractivity contribution in [1.82, 2.24) is 25.9 Å². The second-order valence-corrected chi connectivity index (χ2v) is 11.1. The summed E-state index contributed by atoms with van der Waals surface area (Å²) >= 11 is 0. The summed E-state index contributed by atoms with van der Waals surface area (Å²) in [5.74, 6) is 12.6. The zero-order valence-electron chi connectivity index (χ0n) is 28.4. The van der Waals surface area contributed by atoms with Crippen LogP contribution in [0.1, 0.15) is 56.3 Å². The normalized spacial score (nSPS) is 16.3. The molecule has 256 valence electrons. The highest BCUT2D eigenvalue weighted by Crippen LogP contribution is 2.17. The van der Waals surface area contributed by atoms with Crippen LogP contribution in [0.2, 0.25) is 0 Å². The van der Waals surface area contributed by atoms with Gasteiger partial charge >= 0.3 is 11.9 Å². The zero-order chi connectivity index (χ0) is 34.8. The van der Waals surface area contributed by atoms with Crippen LogP contribution in [0.25, 0.3) is 0 Å². The number of esters is 2. The quantitative estimate of drug-likeness (QED) is 0.156. The molecule has 4 rings (SSSR count). The Morgan fingerprint density at radius 2 is 1.35 bits per heavy atom. The van der Waals surface area contributed by atoms with Crippen molar-refractivity contribution in [3.63, 3.8) is 0 Å². The van der Waals surface area contributed by atoms with E-state index in [1.807, 2.05) is 48.6 Å². The summed E-state index contributed by atoms with van der Waals surface area (Å²) in [7, 11) is 6.00. The lowest BCUT2D eigenvalue weighted by atomic mass is 10.00. The molecule has 3 N–H and O–H groups in total. The van der Waals surface area contributed by atoms with Crippen molar-refractivity contribution in [3.05, 3.63) is 106 Å². The van der Waals surface area contributed by atoms with Crippen molar-refractivity contribution in [2.45, 2.75) is 32.0 Å². The van der Waals surface area contributed by atoms with Crippen LogP contribution in [0, 0.1) is 29.6 Å². The van der Waals surface area contributed by atoms with Crippen LogP contribution in [0.4, 0.5) is 0 Å². The van der Waals surface area contributed by atoms with Gasteiger partial charge in [0.05, 0.1) is 38.8 Å². The van der Waals surface area contributed by atoms with E-state index in [9.17, 15) is 9.59 Å². The number of rotatable bonds is 14. The van der Waals surface area contributed by atoms with E-state index in [2.05, 4.69) is 49.6 Å². The minimum atomic E-state index is -0.508. The van der Waals surface area contributed by atoms with E-state index in [4.69, 9.17) is 18.9 Å². The second-order valence-electron chi connectivity index (χ2n) is 11.1. The monoisotopic (exact) mass is 665 g/mol. The topological polar surface area (TPSA) is 133 Å². The minimum Gasteiger partial charge on any atom is -0.497 e. The first-order valence-electron chi connectivity index (χ1n) is 16.1. The molecule has 11 heteroatoms. The predicted molar refractivity (Wildman–Crippen MR) is 186 cm³/mol. The molecule has 0 saturated carbocycles. The number of ether oxygens (including phenoxy) is 4. The van der Waals surface area contributed by atoms with Crippen molar-refractivity contribution in [2.75, 3.05) is 54.6 Å². The fraction of sp³-hybridized carbons (Fsp3) is 0.368. The molecule has 0 radical (unpaired) electrons. The summed E-state index contributed by atoms with van der Waals surface area (Å²) in [5, 5.41) is 10.1. The van der Waals surface area contributed by atoms with E-state index in [0.29, 0.717) is 48.7 Å². The Hall–Kier alpha value is -5.04. The molecule has 0 fully saturated rings. The van der Waals surface area contributed by atoms with Gasteiger partial charge in [-0.15, -0.1) is 0 Å². The molecule has 49 heavy (non-hydrogen) atoms. The molecule has 2 aromatic rings. The smallest absolute Gasteiger partial charge is 0.356 e. The largest absolute Gasteiger partial charge is 0.497 e. The van der Waals surface area contributed by atoms with Gasteiger partial charge in [0.25, 0.3) is 0 Å². The van der Waals surface area contributed by atoms with E-state index >= 15 is 0 Å². The molecule has 2 aromatic heterocycles. The third kappa shape index (κ3) is 12.2. The number of hydrogen-bond donors (Lipinski definition) is 3. The molecule has 2 unspecified atom stereocenters. The summed E-state index contributed by atoms with van der Waals surface area (Å²) < 4.78 is 20.4. The van der Waals surface area contributed by atoms with Crippen molar-refractivity contribution in [2.24, 2.45) is 5.92 Å². The van der Waals surface area contributed by atoms with Gasteiger partial charge in [0.1, 0.15) is 17.1 Å². The third-order valence-corrected chi connectivity index (χ3v) is 7.53. The number of pyridine rings is 2. The van der Waals surface area contributed by atoms with Gasteiger partial charge in [-0.2, -0.15) is 0 Å². The van der Waals surface area contributed by atoms with Gasteiger partial charge < -0.3 is 34.9 Å². The lowest BCUT2D eigenvalue weighted by Gasteiger charge is -2.11. The summed E-state index contributed by atoms with van der Waals surface area (Å²) in [6.45, 7) is 3.76. The Morgan fingerprint density at radius 1 is 0.735 bits per heavy atom. The first kappa shape index (κ1) is 36.8. The van der Waals surface area contributed by atoms with Crippen molar-refractivity contribution in [3.8, 4) is 23.7 Å². The summed E-state index contributed by atoms with van der Waals surface area (Å²) in [6, 6.07) is 7.05. The molecule has 0 saturated heterocycles. The summed E-state index contributed by atoms with van der Waals surface area (Å²) in [5.41, 5.74) is 4.13. The number of methoxy groups -OCH3 is 4. The number of aromatic nitrogens is 2. The SMILES string of the molecule is COC(=O)c1cc(C#CC2=CCC(OC)C=C2)cc(CNCCNCCNCc2cc(C#CC3C=CC(OC)=CC3)cc(C(=O)OC)n2)n1. The second kappa shape index (κ2) is 19.7. The lowest BCUT2D eigenvalue weighted by Crippen LogP contribution is -2.32. The molecular weight excluding hydrogens is 622 g/mol. The van der Waals surface area contributed by atoms with Crippen LogP contribution >= 0.6 is 0 Å². The van der Waals surface area contributed by atoms with Crippen LogP contribution in [0.3, 0.4) is 0 Å². The highest BCUT2D eigenvalue weighted by molar-refractivity contribution is 5.88. The number of nitrogens with one attached hydrogen (secondary N) is 3. The summed E-state index contributed by atoms with van der Waals surface area (Å²) in [6.07, 6.45) is 13.5. The first-order chi connectivity index (χ1) is 23.9. The molecule has 11 nitrogen and oxygen atoms in total. The van der Waals surface area contributed by atoms with Gasteiger partial charge in [-0.05, 0) is 55.3 Å².